The van der Waals surface area contributed by atoms with Gasteiger partial charge in [0.25, 0.3) is 10.0 Å². The number of hydrogen-bond donors (Lipinski definition) is 1. The fourth-order valence-corrected chi connectivity index (χ4v) is 6.16. The van der Waals surface area contributed by atoms with Crippen LogP contribution in [0.4, 0.5) is 5.69 Å². The van der Waals surface area contributed by atoms with Crippen LogP contribution in [0, 0.1) is 0 Å². The van der Waals surface area contributed by atoms with Crippen LogP contribution in [0.3, 0.4) is 0 Å². The van der Waals surface area contributed by atoms with E-state index in [1.54, 1.807) is 48.5 Å². The van der Waals surface area contributed by atoms with Crippen molar-refractivity contribution in [3.05, 3.63) is 94.0 Å². The van der Waals surface area contributed by atoms with Crippen LogP contribution in [0.1, 0.15) is 51.2 Å². The Morgan fingerprint density at radius 2 is 1.54 bits per heavy atom. The van der Waals surface area contributed by atoms with E-state index in [0.717, 1.165) is 29.1 Å². The van der Waals surface area contributed by atoms with Crippen molar-refractivity contribution in [2.45, 2.75) is 63.9 Å². The van der Waals surface area contributed by atoms with E-state index in [9.17, 15) is 18.0 Å². The highest BCUT2D eigenvalue weighted by atomic mass is 35.5. The van der Waals surface area contributed by atoms with Gasteiger partial charge in [0.2, 0.25) is 11.8 Å². The van der Waals surface area contributed by atoms with E-state index in [0.29, 0.717) is 34.3 Å². The van der Waals surface area contributed by atoms with Gasteiger partial charge in [-0.1, -0.05) is 86.8 Å². The van der Waals surface area contributed by atoms with E-state index in [1.165, 1.54) is 17.0 Å². The molecule has 0 heterocycles. The molecular formula is C31H37Cl2N3O4S. The van der Waals surface area contributed by atoms with Crippen LogP contribution in [-0.4, -0.2) is 44.3 Å². The average molecular weight is 619 g/mol. The second-order valence-corrected chi connectivity index (χ2v) is 12.4. The molecule has 0 aliphatic heterocycles. The van der Waals surface area contributed by atoms with E-state index in [2.05, 4.69) is 5.32 Å². The first-order valence-electron chi connectivity index (χ1n) is 13.8. The monoisotopic (exact) mass is 617 g/mol. The number of carbonyl (C=O) groups is 2. The first-order chi connectivity index (χ1) is 19.6. The number of amides is 2. The molecule has 0 bridgehead atoms. The zero-order valence-corrected chi connectivity index (χ0v) is 26.0. The van der Waals surface area contributed by atoms with Crippen LogP contribution in [-0.2, 0) is 32.6 Å². The third-order valence-corrected chi connectivity index (χ3v) is 9.32. The summed E-state index contributed by atoms with van der Waals surface area (Å²) in [7, 11) is -4.11. The number of nitrogens with one attached hydrogen (secondary N) is 1. The summed E-state index contributed by atoms with van der Waals surface area (Å²) >= 11 is 12.4. The third kappa shape index (κ3) is 8.47. The van der Waals surface area contributed by atoms with Crippen LogP contribution in [0.5, 0.6) is 0 Å². The number of halogens is 2. The summed E-state index contributed by atoms with van der Waals surface area (Å²) < 4.78 is 28.9. The van der Waals surface area contributed by atoms with Crippen molar-refractivity contribution >= 4 is 50.7 Å². The van der Waals surface area contributed by atoms with Crippen LogP contribution in [0.15, 0.2) is 77.7 Å². The topological polar surface area (TPSA) is 86.8 Å². The molecule has 0 saturated carbocycles. The van der Waals surface area contributed by atoms with Crippen LogP contribution < -0.4 is 9.62 Å². The quantitative estimate of drug-likeness (QED) is 0.210. The molecule has 7 nitrogen and oxygen atoms in total. The lowest BCUT2D eigenvalue weighted by Crippen LogP contribution is -2.52. The van der Waals surface area contributed by atoms with Gasteiger partial charge in [0.05, 0.1) is 20.6 Å². The second kappa shape index (κ2) is 15.2. The van der Waals surface area contributed by atoms with Gasteiger partial charge in [-0.25, -0.2) is 8.42 Å². The van der Waals surface area contributed by atoms with Crippen molar-refractivity contribution in [2.75, 3.05) is 17.4 Å². The van der Waals surface area contributed by atoms with E-state index in [1.807, 2.05) is 32.9 Å². The molecule has 2 amide bonds. The van der Waals surface area contributed by atoms with Crippen molar-refractivity contribution < 1.29 is 18.0 Å². The molecule has 220 valence electrons. The number of anilines is 1. The average Bonchev–Trinajstić information content (AvgIpc) is 2.98. The van der Waals surface area contributed by atoms with Crippen molar-refractivity contribution in [2.24, 2.45) is 0 Å². The second-order valence-electron chi connectivity index (χ2n) is 9.68. The lowest BCUT2D eigenvalue weighted by molar-refractivity contribution is -0.140. The van der Waals surface area contributed by atoms with Crippen molar-refractivity contribution in [3.63, 3.8) is 0 Å². The first kappa shape index (κ1) is 32.4. The Morgan fingerprint density at radius 3 is 2.12 bits per heavy atom. The Balaban J connectivity index is 2.04. The van der Waals surface area contributed by atoms with Gasteiger partial charge in [-0.3, -0.25) is 13.9 Å². The first-order valence-corrected chi connectivity index (χ1v) is 16.0. The number of hydrogen-bond acceptors (Lipinski definition) is 4. The summed E-state index contributed by atoms with van der Waals surface area (Å²) in [5, 5.41) is 3.61. The Kier molecular flexibility index (Phi) is 12.1. The summed E-state index contributed by atoms with van der Waals surface area (Å²) in [4.78, 5) is 28.9. The molecule has 0 spiro atoms. The van der Waals surface area contributed by atoms with Crippen LogP contribution >= 0.6 is 23.2 Å². The summed E-state index contributed by atoms with van der Waals surface area (Å²) in [6.45, 7) is 5.89. The van der Waals surface area contributed by atoms with Gasteiger partial charge in [-0.2, -0.15) is 0 Å². The smallest absolute Gasteiger partial charge is 0.264 e. The van der Waals surface area contributed by atoms with Gasteiger partial charge in [-0.05, 0) is 66.8 Å². The summed E-state index contributed by atoms with van der Waals surface area (Å²) in [5.74, 6) is -0.813. The number of rotatable bonds is 14. The molecule has 1 atom stereocenters. The fourth-order valence-electron chi connectivity index (χ4n) is 4.41. The maximum atomic E-state index is 14.1. The SMILES string of the molecule is CCCCNC(=O)[C@H](CC)N(Cc1ccc(Cl)c(Cl)c1)C(=O)CN(c1ccc(CC)cc1)S(=O)(=O)c1ccccc1. The minimum atomic E-state index is -4.11. The zero-order chi connectivity index (χ0) is 30.0. The van der Waals surface area contributed by atoms with Crippen LogP contribution in [0.25, 0.3) is 0 Å². The predicted molar refractivity (Wildman–Crippen MR) is 166 cm³/mol. The molecule has 0 unspecified atom stereocenters. The van der Waals surface area contributed by atoms with Crippen molar-refractivity contribution in [1.82, 2.24) is 10.2 Å². The number of carbonyl (C=O) groups excluding carboxylic acids is 2. The highest BCUT2D eigenvalue weighted by Crippen LogP contribution is 2.27. The number of unbranched alkanes of at least 4 members (excludes halogenated alkanes) is 1. The lowest BCUT2D eigenvalue weighted by Gasteiger charge is -2.33. The lowest BCUT2D eigenvalue weighted by atomic mass is 10.1. The van der Waals surface area contributed by atoms with Crippen LogP contribution in [0.2, 0.25) is 10.0 Å². The van der Waals surface area contributed by atoms with Gasteiger partial charge in [-0.15, -0.1) is 0 Å². The number of benzene rings is 3. The molecule has 0 aliphatic carbocycles. The molecule has 0 saturated heterocycles. The van der Waals surface area contributed by atoms with E-state index in [-0.39, 0.29) is 17.3 Å². The minimum absolute atomic E-state index is 0.0451. The van der Waals surface area contributed by atoms with E-state index >= 15 is 0 Å². The molecule has 3 aromatic carbocycles. The van der Waals surface area contributed by atoms with Gasteiger partial charge < -0.3 is 10.2 Å². The van der Waals surface area contributed by atoms with Crippen molar-refractivity contribution in [1.29, 1.82) is 0 Å². The molecular weight excluding hydrogens is 581 g/mol. The highest BCUT2D eigenvalue weighted by Gasteiger charge is 2.33. The van der Waals surface area contributed by atoms with Gasteiger partial charge in [0, 0.05) is 13.1 Å². The Morgan fingerprint density at radius 1 is 0.878 bits per heavy atom. The molecule has 3 aromatic rings. The third-order valence-electron chi connectivity index (χ3n) is 6.80. The molecule has 0 radical (unpaired) electrons. The zero-order valence-electron chi connectivity index (χ0n) is 23.6. The Labute approximate surface area is 253 Å². The number of sulfonamides is 1. The molecule has 3 rings (SSSR count). The maximum absolute atomic E-state index is 14.1. The Bertz CT molecular complexity index is 1420. The Hall–Kier alpha value is -3.07. The largest absolute Gasteiger partial charge is 0.354 e. The molecule has 0 fully saturated rings. The van der Waals surface area contributed by atoms with Gasteiger partial charge >= 0.3 is 0 Å². The van der Waals surface area contributed by atoms with Gasteiger partial charge in [0.1, 0.15) is 12.6 Å². The molecule has 41 heavy (non-hydrogen) atoms. The molecule has 10 heteroatoms. The normalized spacial score (nSPS) is 12.0. The predicted octanol–water partition coefficient (Wildman–Crippen LogP) is 6.47. The minimum Gasteiger partial charge on any atom is -0.354 e. The summed E-state index contributed by atoms with van der Waals surface area (Å²) in [5.41, 5.74) is 2.06. The number of aryl methyl sites for hydroxylation is 1. The van der Waals surface area contributed by atoms with Gasteiger partial charge in [0.15, 0.2) is 0 Å². The summed E-state index contributed by atoms with van der Waals surface area (Å²) in [6.07, 6.45) is 2.83. The summed E-state index contributed by atoms with van der Waals surface area (Å²) in [6, 6.07) is 19.3. The molecule has 1 N–H and O–H groups in total. The van der Waals surface area contributed by atoms with E-state index < -0.39 is 28.5 Å². The maximum Gasteiger partial charge on any atom is 0.264 e. The molecule has 0 aliphatic rings. The molecule has 0 aromatic heterocycles. The fraction of sp³-hybridized carbons (Fsp3) is 0.355. The van der Waals surface area contributed by atoms with E-state index in [4.69, 9.17) is 23.2 Å². The standard InChI is InChI=1S/C31H37Cl2N3O4S/c1-4-7-19-34-31(38)29(6-3)35(21-24-15-18-27(32)28(33)20-24)30(37)22-36(25-16-13-23(5-2)14-17-25)41(39,40)26-11-9-8-10-12-26/h8-18,20,29H,4-7,19,21-22H2,1-3H3,(H,34,38)/t29-/m0/s1. The number of nitrogens with zero attached hydrogens (tertiary/aromatic N) is 2. The van der Waals surface area contributed by atoms with Crippen molar-refractivity contribution in [3.8, 4) is 0 Å². The highest BCUT2D eigenvalue weighted by molar-refractivity contribution is 7.92.